The predicted octanol–water partition coefficient (Wildman–Crippen LogP) is 3.51. The molecule has 0 spiro atoms. The number of rotatable bonds is 3. The molecule has 0 aliphatic carbocycles. The third-order valence-corrected chi connectivity index (χ3v) is 6.90. The maximum absolute atomic E-state index is 13.8. The standard InChI is InChI=1S/C27H22N4O3/c1-16-11-13-19(14-12-16)30-26(33)21-22(27(30)34)24(25(32)29-18-8-3-2-4-9-18)31-23(21)20-10-6-5-7-17(20)15-28-31/h2-15,21-24H,1H3,(H,29,32)/t21-,22+,23-,24+/m0/s1. The zero-order valence-electron chi connectivity index (χ0n) is 18.5. The minimum Gasteiger partial charge on any atom is -0.324 e. The number of carbonyl (C=O) groups excluding carboxylic acids is 3. The largest absolute Gasteiger partial charge is 0.324 e. The Kier molecular flexibility index (Phi) is 4.58. The fourth-order valence-corrected chi connectivity index (χ4v) is 5.35. The zero-order valence-corrected chi connectivity index (χ0v) is 18.5. The fraction of sp³-hybridized carbons (Fsp3) is 0.185. The van der Waals surface area contributed by atoms with Gasteiger partial charge in [0.1, 0.15) is 6.04 Å². The molecule has 7 nitrogen and oxygen atoms in total. The molecule has 0 unspecified atom stereocenters. The molecule has 0 bridgehead atoms. The van der Waals surface area contributed by atoms with Gasteiger partial charge in [-0.05, 0) is 42.3 Å². The molecule has 0 aromatic heterocycles. The van der Waals surface area contributed by atoms with E-state index in [-0.39, 0.29) is 17.7 Å². The molecule has 0 saturated carbocycles. The molecule has 7 heteroatoms. The van der Waals surface area contributed by atoms with Crippen molar-refractivity contribution in [1.82, 2.24) is 5.01 Å². The molecule has 168 valence electrons. The van der Waals surface area contributed by atoms with Gasteiger partial charge in [-0.2, -0.15) is 5.10 Å². The second kappa shape index (κ2) is 7.66. The Labute approximate surface area is 196 Å². The summed E-state index contributed by atoms with van der Waals surface area (Å²) in [7, 11) is 0. The first-order chi connectivity index (χ1) is 16.5. The molecule has 3 aliphatic rings. The van der Waals surface area contributed by atoms with Gasteiger partial charge < -0.3 is 5.32 Å². The summed E-state index contributed by atoms with van der Waals surface area (Å²) in [6, 6.07) is 22.7. The number of aryl methyl sites for hydroxylation is 1. The average molecular weight is 450 g/mol. The van der Waals surface area contributed by atoms with Crippen LogP contribution in [-0.2, 0) is 14.4 Å². The van der Waals surface area contributed by atoms with Gasteiger partial charge in [0.05, 0.1) is 29.8 Å². The molecule has 2 saturated heterocycles. The van der Waals surface area contributed by atoms with Gasteiger partial charge in [-0.3, -0.25) is 19.4 Å². The number of fused-ring (bicyclic) bond motifs is 5. The SMILES string of the molecule is Cc1ccc(N2C(=O)[C@@H]3[C@H](C2=O)[C@@H]2c4ccccc4C=NN2[C@H]3C(=O)Nc2ccccc2)cc1. The number of carbonyl (C=O) groups is 3. The second-order valence-corrected chi connectivity index (χ2v) is 8.90. The maximum atomic E-state index is 13.8. The average Bonchev–Trinajstić information content (AvgIpc) is 3.33. The van der Waals surface area contributed by atoms with Crippen LogP contribution in [0.4, 0.5) is 11.4 Å². The van der Waals surface area contributed by atoms with Crippen LogP contribution in [0.3, 0.4) is 0 Å². The quantitative estimate of drug-likeness (QED) is 0.619. The second-order valence-electron chi connectivity index (χ2n) is 8.90. The lowest BCUT2D eigenvalue weighted by molar-refractivity contribution is -0.129. The Morgan fingerprint density at radius 3 is 2.29 bits per heavy atom. The van der Waals surface area contributed by atoms with Gasteiger partial charge in [0.2, 0.25) is 17.7 Å². The Balaban J connectivity index is 1.45. The van der Waals surface area contributed by atoms with E-state index in [1.165, 1.54) is 4.90 Å². The van der Waals surface area contributed by atoms with E-state index in [1.807, 2.05) is 61.5 Å². The van der Waals surface area contributed by atoms with Crippen molar-refractivity contribution in [1.29, 1.82) is 0 Å². The van der Waals surface area contributed by atoms with Gasteiger partial charge in [-0.25, -0.2) is 4.90 Å². The third kappa shape index (κ3) is 2.97. The van der Waals surface area contributed by atoms with Crippen LogP contribution >= 0.6 is 0 Å². The summed E-state index contributed by atoms with van der Waals surface area (Å²) in [5.41, 5.74) is 3.97. The molecule has 3 aromatic rings. The van der Waals surface area contributed by atoms with Gasteiger partial charge >= 0.3 is 0 Å². The van der Waals surface area contributed by atoms with E-state index in [2.05, 4.69) is 10.4 Å². The fourth-order valence-electron chi connectivity index (χ4n) is 5.35. The lowest BCUT2D eigenvalue weighted by Crippen LogP contribution is -2.46. The van der Waals surface area contributed by atoms with E-state index in [9.17, 15) is 14.4 Å². The molecule has 3 aliphatic heterocycles. The van der Waals surface area contributed by atoms with Crippen molar-refractivity contribution in [3.63, 3.8) is 0 Å². The van der Waals surface area contributed by atoms with E-state index in [0.29, 0.717) is 11.4 Å². The Morgan fingerprint density at radius 1 is 0.853 bits per heavy atom. The third-order valence-electron chi connectivity index (χ3n) is 6.90. The van der Waals surface area contributed by atoms with Gasteiger partial charge in [0.15, 0.2) is 0 Å². The number of hydrazone groups is 1. The molecular weight excluding hydrogens is 428 g/mol. The molecule has 34 heavy (non-hydrogen) atoms. The van der Waals surface area contributed by atoms with Crippen molar-refractivity contribution in [2.75, 3.05) is 10.2 Å². The first-order valence-electron chi connectivity index (χ1n) is 11.3. The van der Waals surface area contributed by atoms with E-state index >= 15 is 0 Å². The first-order valence-corrected chi connectivity index (χ1v) is 11.3. The summed E-state index contributed by atoms with van der Waals surface area (Å²) >= 11 is 0. The maximum Gasteiger partial charge on any atom is 0.249 e. The van der Waals surface area contributed by atoms with Crippen molar-refractivity contribution in [3.05, 3.63) is 95.6 Å². The van der Waals surface area contributed by atoms with E-state index < -0.39 is 23.9 Å². The van der Waals surface area contributed by atoms with Crippen LogP contribution in [0.25, 0.3) is 0 Å². The monoisotopic (exact) mass is 450 g/mol. The number of hydrogen-bond donors (Lipinski definition) is 1. The summed E-state index contributed by atoms with van der Waals surface area (Å²) < 4.78 is 0. The topological polar surface area (TPSA) is 82.1 Å². The van der Waals surface area contributed by atoms with Crippen LogP contribution in [0.1, 0.15) is 22.7 Å². The Hall–Kier alpha value is -4.26. The summed E-state index contributed by atoms with van der Waals surface area (Å²) in [5.74, 6) is -2.57. The summed E-state index contributed by atoms with van der Waals surface area (Å²) in [6.07, 6.45) is 1.70. The molecule has 1 N–H and O–H groups in total. The number of para-hydroxylation sites is 1. The number of nitrogens with zero attached hydrogens (tertiary/aromatic N) is 3. The van der Waals surface area contributed by atoms with Crippen molar-refractivity contribution in [2.45, 2.75) is 19.0 Å². The molecule has 3 amide bonds. The van der Waals surface area contributed by atoms with Crippen LogP contribution in [0.15, 0.2) is 84.0 Å². The Morgan fingerprint density at radius 2 is 1.53 bits per heavy atom. The normalized spacial score (nSPS) is 24.6. The molecule has 6 rings (SSSR count). The van der Waals surface area contributed by atoms with E-state index in [1.54, 1.807) is 35.5 Å². The summed E-state index contributed by atoms with van der Waals surface area (Å²) in [6.45, 7) is 1.95. The Bertz CT molecular complexity index is 1340. The van der Waals surface area contributed by atoms with Gasteiger partial charge in [-0.1, -0.05) is 60.2 Å². The number of benzene rings is 3. The van der Waals surface area contributed by atoms with Gasteiger partial charge in [0.25, 0.3) is 0 Å². The van der Waals surface area contributed by atoms with Crippen molar-refractivity contribution in [3.8, 4) is 0 Å². The minimum atomic E-state index is -0.910. The first kappa shape index (κ1) is 20.4. The van der Waals surface area contributed by atoms with E-state index in [0.717, 1.165) is 16.7 Å². The molecule has 0 radical (unpaired) electrons. The number of imide groups is 1. The highest BCUT2D eigenvalue weighted by molar-refractivity contribution is 6.24. The van der Waals surface area contributed by atoms with Crippen molar-refractivity contribution >= 4 is 35.3 Å². The highest BCUT2D eigenvalue weighted by Gasteiger charge is 2.65. The van der Waals surface area contributed by atoms with Gasteiger partial charge in [-0.15, -0.1) is 0 Å². The lowest BCUT2D eigenvalue weighted by atomic mass is 9.85. The number of hydrogen-bond acceptors (Lipinski definition) is 5. The van der Waals surface area contributed by atoms with Crippen molar-refractivity contribution in [2.24, 2.45) is 16.9 Å². The van der Waals surface area contributed by atoms with Gasteiger partial charge in [0, 0.05) is 5.69 Å². The smallest absolute Gasteiger partial charge is 0.249 e. The van der Waals surface area contributed by atoms with Crippen LogP contribution in [0.2, 0.25) is 0 Å². The highest BCUT2D eigenvalue weighted by Crippen LogP contribution is 2.52. The number of nitrogens with one attached hydrogen (secondary N) is 1. The molecule has 3 heterocycles. The lowest BCUT2D eigenvalue weighted by Gasteiger charge is -2.33. The zero-order chi connectivity index (χ0) is 23.4. The highest BCUT2D eigenvalue weighted by atomic mass is 16.2. The molecule has 2 fully saturated rings. The number of amides is 3. The molecular formula is C27H22N4O3. The van der Waals surface area contributed by atoms with Crippen LogP contribution in [-0.4, -0.2) is 35.0 Å². The number of anilines is 2. The minimum absolute atomic E-state index is 0.296. The molecule has 4 atom stereocenters. The summed E-state index contributed by atoms with van der Waals surface area (Å²) in [4.78, 5) is 42.3. The predicted molar refractivity (Wildman–Crippen MR) is 128 cm³/mol. The van der Waals surface area contributed by atoms with E-state index in [4.69, 9.17) is 0 Å². The summed E-state index contributed by atoms with van der Waals surface area (Å²) in [5, 5.41) is 9.13. The van der Waals surface area contributed by atoms with Crippen LogP contribution < -0.4 is 10.2 Å². The van der Waals surface area contributed by atoms with Crippen LogP contribution in [0.5, 0.6) is 0 Å². The van der Waals surface area contributed by atoms with Crippen molar-refractivity contribution < 1.29 is 14.4 Å². The molecule has 3 aromatic carbocycles. The van der Waals surface area contributed by atoms with Crippen LogP contribution in [0, 0.1) is 18.8 Å².